The fraction of sp³-hybridized carbons (Fsp3) is 0.600. The second kappa shape index (κ2) is 5.72. The minimum Gasteiger partial charge on any atom is -0.406 e. The molecule has 22 heavy (non-hydrogen) atoms. The summed E-state index contributed by atoms with van der Waals surface area (Å²) in [6.07, 6.45) is -3.71. The smallest absolute Gasteiger partial charge is 0.406 e. The predicted octanol–water partition coefficient (Wildman–Crippen LogP) is 2.01. The highest BCUT2D eigenvalue weighted by atomic mass is 19.4. The Morgan fingerprint density at radius 2 is 1.86 bits per heavy atom. The summed E-state index contributed by atoms with van der Waals surface area (Å²) in [6.45, 7) is 1.03. The highest BCUT2D eigenvalue weighted by molar-refractivity contribution is 5.35. The summed E-state index contributed by atoms with van der Waals surface area (Å²) < 4.78 is 46.9. The number of hydrogen-bond acceptors (Lipinski definition) is 4. The Labute approximate surface area is 126 Å². The lowest BCUT2D eigenvalue weighted by molar-refractivity contribution is -0.275. The van der Waals surface area contributed by atoms with E-state index in [1.54, 1.807) is 12.1 Å². The molecule has 122 valence electrons. The molecule has 2 saturated heterocycles. The molecule has 1 aromatic carbocycles. The van der Waals surface area contributed by atoms with Gasteiger partial charge in [-0.3, -0.25) is 0 Å². The lowest BCUT2D eigenvalue weighted by Crippen LogP contribution is -2.60. The SMILES string of the molecule is OC1(Cc2ccccc2OC(F)(F)F)CC2COCC(C1)N2. The van der Waals surface area contributed by atoms with Gasteiger partial charge in [-0.15, -0.1) is 13.2 Å². The number of fused-ring (bicyclic) bond motifs is 2. The van der Waals surface area contributed by atoms with Crippen LogP contribution in [0, 0.1) is 0 Å². The Bertz CT molecular complexity index is 523. The maximum absolute atomic E-state index is 12.5. The number of morpholine rings is 1. The molecule has 2 aliphatic rings. The number of halogens is 3. The van der Waals surface area contributed by atoms with Gasteiger partial charge in [0.1, 0.15) is 5.75 Å². The molecule has 2 N–H and O–H groups in total. The monoisotopic (exact) mass is 317 g/mol. The van der Waals surface area contributed by atoms with Gasteiger partial charge in [0, 0.05) is 18.5 Å². The summed E-state index contributed by atoms with van der Waals surface area (Å²) in [5, 5.41) is 14.2. The van der Waals surface area contributed by atoms with E-state index in [0.717, 1.165) is 0 Å². The zero-order chi connectivity index (χ0) is 15.8. The van der Waals surface area contributed by atoms with E-state index in [2.05, 4.69) is 10.1 Å². The summed E-state index contributed by atoms with van der Waals surface area (Å²) in [7, 11) is 0. The number of hydrogen-bond donors (Lipinski definition) is 2. The molecule has 0 amide bonds. The third-order valence-corrected chi connectivity index (χ3v) is 4.08. The Balaban J connectivity index is 1.77. The molecule has 2 aliphatic heterocycles. The summed E-state index contributed by atoms with van der Waals surface area (Å²) >= 11 is 0. The van der Waals surface area contributed by atoms with Gasteiger partial charge in [0.05, 0.1) is 18.8 Å². The van der Waals surface area contributed by atoms with Crippen LogP contribution in [0.1, 0.15) is 18.4 Å². The number of rotatable bonds is 3. The summed E-state index contributed by atoms with van der Waals surface area (Å²) in [6, 6.07) is 6.04. The fourth-order valence-corrected chi connectivity index (χ4v) is 3.39. The van der Waals surface area contributed by atoms with E-state index in [4.69, 9.17) is 4.74 Å². The van der Waals surface area contributed by atoms with Crippen molar-refractivity contribution < 1.29 is 27.8 Å². The van der Waals surface area contributed by atoms with Gasteiger partial charge in [-0.1, -0.05) is 18.2 Å². The van der Waals surface area contributed by atoms with Crippen LogP contribution in [0.15, 0.2) is 24.3 Å². The average Bonchev–Trinajstić information content (AvgIpc) is 2.38. The van der Waals surface area contributed by atoms with Crippen LogP contribution in [0.5, 0.6) is 5.75 Å². The van der Waals surface area contributed by atoms with Crippen molar-refractivity contribution in [1.29, 1.82) is 0 Å². The summed E-state index contributed by atoms with van der Waals surface area (Å²) in [5.41, 5.74) is -0.682. The van der Waals surface area contributed by atoms with Crippen molar-refractivity contribution in [3.8, 4) is 5.75 Å². The highest BCUT2D eigenvalue weighted by Gasteiger charge is 2.42. The van der Waals surface area contributed by atoms with Crippen molar-refractivity contribution in [1.82, 2.24) is 5.32 Å². The van der Waals surface area contributed by atoms with Crippen LogP contribution in [0.3, 0.4) is 0 Å². The van der Waals surface area contributed by atoms with Crippen molar-refractivity contribution in [3.63, 3.8) is 0 Å². The molecule has 7 heteroatoms. The molecule has 2 heterocycles. The van der Waals surface area contributed by atoms with Crippen molar-refractivity contribution in [2.75, 3.05) is 13.2 Å². The van der Waals surface area contributed by atoms with Gasteiger partial charge in [0.25, 0.3) is 0 Å². The van der Waals surface area contributed by atoms with Crippen molar-refractivity contribution in [2.24, 2.45) is 0 Å². The van der Waals surface area contributed by atoms with Crippen LogP contribution in [0.2, 0.25) is 0 Å². The van der Waals surface area contributed by atoms with E-state index in [9.17, 15) is 18.3 Å². The first-order chi connectivity index (χ1) is 10.3. The van der Waals surface area contributed by atoms with Gasteiger partial charge < -0.3 is 19.9 Å². The molecule has 0 aliphatic carbocycles. The van der Waals surface area contributed by atoms with E-state index >= 15 is 0 Å². The van der Waals surface area contributed by atoms with Gasteiger partial charge in [-0.2, -0.15) is 0 Å². The first-order valence-electron chi connectivity index (χ1n) is 7.23. The van der Waals surface area contributed by atoms with Crippen molar-refractivity contribution in [2.45, 2.75) is 43.3 Å². The van der Waals surface area contributed by atoms with Gasteiger partial charge in [0.15, 0.2) is 0 Å². The lowest BCUT2D eigenvalue weighted by Gasteiger charge is -2.45. The standard InChI is InChI=1S/C15H18F3NO3/c16-15(17,18)22-13-4-2-1-3-10(13)5-14(20)6-11-8-21-9-12(7-14)19-11/h1-4,11-12,19-20H,5-9H2. The number of alkyl halides is 3. The Kier molecular flexibility index (Phi) is 4.05. The topological polar surface area (TPSA) is 50.7 Å². The van der Waals surface area contributed by atoms with Gasteiger partial charge in [-0.05, 0) is 24.5 Å². The molecular weight excluding hydrogens is 299 g/mol. The van der Waals surface area contributed by atoms with E-state index in [-0.39, 0.29) is 24.3 Å². The Morgan fingerprint density at radius 3 is 2.50 bits per heavy atom. The second-order valence-corrected chi connectivity index (χ2v) is 6.06. The summed E-state index contributed by atoms with van der Waals surface area (Å²) in [4.78, 5) is 0. The maximum atomic E-state index is 12.5. The van der Waals surface area contributed by atoms with Gasteiger partial charge in [-0.25, -0.2) is 0 Å². The molecule has 0 spiro atoms. The predicted molar refractivity (Wildman–Crippen MR) is 72.5 cm³/mol. The van der Waals surface area contributed by atoms with Crippen molar-refractivity contribution >= 4 is 0 Å². The lowest BCUT2D eigenvalue weighted by atomic mass is 9.79. The summed E-state index contributed by atoms with van der Waals surface area (Å²) in [5.74, 6) is -0.247. The first kappa shape index (κ1) is 15.6. The molecule has 0 aromatic heterocycles. The Hall–Kier alpha value is -1.31. The van der Waals surface area contributed by atoms with Crippen LogP contribution in [0.25, 0.3) is 0 Å². The van der Waals surface area contributed by atoms with Crippen LogP contribution >= 0.6 is 0 Å². The first-order valence-corrected chi connectivity index (χ1v) is 7.23. The number of ether oxygens (including phenoxy) is 2. The maximum Gasteiger partial charge on any atom is 0.573 e. The van der Waals surface area contributed by atoms with Crippen LogP contribution < -0.4 is 10.1 Å². The number of piperidine rings is 1. The van der Waals surface area contributed by atoms with E-state index in [0.29, 0.717) is 31.6 Å². The molecular formula is C15H18F3NO3. The van der Waals surface area contributed by atoms with E-state index in [1.165, 1.54) is 12.1 Å². The van der Waals surface area contributed by atoms with Crippen LogP contribution in [-0.4, -0.2) is 42.4 Å². The van der Waals surface area contributed by atoms with Crippen LogP contribution in [-0.2, 0) is 11.2 Å². The van der Waals surface area contributed by atoms with Crippen molar-refractivity contribution in [3.05, 3.63) is 29.8 Å². The number of para-hydroxylation sites is 1. The largest absolute Gasteiger partial charge is 0.573 e. The minimum atomic E-state index is -4.74. The normalized spacial score (nSPS) is 31.8. The number of nitrogens with one attached hydrogen (secondary N) is 1. The minimum absolute atomic E-state index is 0.0354. The van der Waals surface area contributed by atoms with E-state index < -0.39 is 12.0 Å². The molecule has 2 atom stereocenters. The molecule has 0 radical (unpaired) electrons. The third-order valence-electron chi connectivity index (χ3n) is 4.08. The Morgan fingerprint density at radius 1 is 1.23 bits per heavy atom. The van der Waals surface area contributed by atoms with Crippen LogP contribution in [0.4, 0.5) is 13.2 Å². The number of aliphatic hydroxyl groups is 1. The molecule has 4 nitrogen and oxygen atoms in total. The molecule has 0 saturated carbocycles. The molecule has 2 bridgehead atoms. The fourth-order valence-electron chi connectivity index (χ4n) is 3.39. The third kappa shape index (κ3) is 3.71. The molecule has 2 unspecified atom stereocenters. The van der Waals surface area contributed by atoms with Gasteiger partial charge in [0.2, 0.25) is 0 Å². The second-order valence-electron chi connectivity index (χ2n) is 6.06. The molecule has 3 rings (SSSR count). The highest BCUT2D eigenvalue weighted by Crippen LogP contribution is 2.35. The quantitative estimate of drug-likeness (QED) is 0.895. The molecule has 2 fully saturated rings. The molecule has 1 aromatic rings. The zero-order valence-corrected chi connectivity index (χ0v) is 11.9. The van der Waals surface area contributed by atoms with E-state index in [1.807, 2.05) is 0 Å². The average molecular weight is 317 g/mol. The zero-order valence-electron chi connectivity index (χ0n) is 11.9. The number of benzene rings is 1. The van der Waals surface area contributed by atoms with Gasteiger partial charge >= 0.3 is 6.36 Å².